The van der Waals surface area contributed by atoms with Gasteiger partial charge in [0.1, 0.15) is 5.01 Å². The minimum atomic E-state index is 0.694. The van der Waals surface area contributed by atoms with Crippen molar-refractivity contribution in [3.63, 3.8) is 0 Å². The van der Waals surface area contributed by atoms with E-state index < -0.39 is 0 Å². The molecule has 100 valence electrons. The highest BCUT2D eigenvalue weighted by Gasteiger charge is 2.17. The third-order valence-electron chi connectivity index (χ3n) is 3.23. The summed E-state index contributed by atoms with van der Waals surface area (Å²) in [7, 11) is 0. The molecular formula is C14H17N3S2. The van der Waals surface area contributed by atoms with Crippen LogP contribution in [0.3, 0.4) is 0 Å². The van der Waals surface area contributed by atoms with Gasteiger partial charge in [0.15, 0.2) is 4.34 Å². The monoisotopic (exact) mass is 291 g/mol. The summed E-state index contributed by atoms with van der Waals surface area (Å²) in [6.07, 6.45) is 2.45. The van der Waals surface area contributed by atoms with Gasteiger partial charge in [-0.3, -0.25) is 0 Å². The van der Waals surface area contributed by atoms with Gasteiger partial charge >= 0.3 is 0 Å². The van der Waals surface area contributed by atoms with Crippen molar-refractivity contribution in [1.29, 1.82) is 0 Å². The van der Waals surface area contributed by atoms with Crippen molar-refractivity contribution in [1.82, 2.24) is 15.5 Å². The van der Waals surface area contributed by atoms with E-state index in [1.807, 2.05) is 11.8 Å². The van der Waals surface area contributed by atoms with Gasteiger partial charge in [-0.05, 0) is 38.9 Å². The molecule has 0 unspecified atom stereocenters. The Balaban J connectivity index is 1.72. The molecule has 1 fully saturated rings. The Morgan fingerprint density at radius 2 is 2.11 bits per heavy atom. The molecule has 0 aliphatic carbocycles. The zero-order valence-corrected chi connectivity index (χ0v) is 12.6. The van der Waals surface area contributed by atoms with E-state index in [4.69, 9.17) is 0 Å². The molecule has 1 saturated heterocycles. The van der Waals surface area contributed by atoms with Gasteiger partial charge in [-0.25, -0.2) is 0 Å². The molecule has 0 amide bonds. The lowest BCUT2D eigenvalue weighted by molar-refractivity contribution is 0.531. The van der Waals surface area contributed by atoms with Gasteiger partial charge in [-0.15, -0.1) is 10.2 Å². The van der Waals surface area contributed by atoms with E-state index in [2.05, 4.69) is 46.7 Å². The second-order valence-electron chi connectivity index (χ2n) is 4.81. The summed E-state index contributed by atoms with van der Waals surface area (Å²) in [6, 6.07) is 8.45. The number of aromatic nitrogens is 2. The average Bonchev–Trinajstić information content (AvgIpc) is 2.88. The number of hydrogen-bond acceptors (Lipinski definition) is 5. The van der Waals surface area contributed by atoms with E-state index in [1.165, 1.54) is 24.0 Å². The quantitative estimate of drug-likeness (QED) is 0.941. The van der Waals surface area contributed by atoms with Crippen molar-refractivity contribution < 1.29 is 0 Å². The first-order valence-electron chi connectivity index (χ1n) is 6.59. The molecular weight excluding hydrogens is 274 g/mol. The van der Waals surface area contributed by atoms with Crippen LogP contribution in [0.15, 0.2) is 28.6 Å². The Morgan fingerprint density at radius 1 is 1.26 bits per heavy atom. The van der Waals surface area contributed by atoms with Crippen LogP contribution in [0.2, 0.25) is 0 Å². The summed E-state index contributed by atoms with van der Waals surface area (Å²) in [5.41, 5.74) is 2.44. The van der Waals surface area contributed by atoms with E-state index in [9.17, 15) is 0 Å². The maximum absolute atomic E-state index is 4.33. The molecule has 19 heavy (non-hydrogen) atoms. The van der Waals surface area contributed by atoms with Crippen molar-refractivity contribution in [2.75, 3.05) is 13.1 Å². The number of rotatable bonds is 3. The van der Waals surface area contributed by atoms with Crippen molar-refractivity contribution in [2.45, 2.75) is 29.4 Å². The van der Waals surface area contributed by atoms with Crippen LogP contribution in [0.4, 0.5) is 0 Å². The van der Waals surface area contributed by atoms with E-state index in [1.54, 1.807) is 11.3 Å². The first-order valence-corrected chi connectivity index (χ1v) is 8.29. The maximum atomic E-state index is 4.33. The molecule has 5 heteroatoms. The summed E-state index contributed by atoms with van der Waals surface area (Å²) in [5.74, 6) is 0. The molecule has 2 heterocycles. The molecule has 1 N–H and O–H groups in total. The Bertz CT molecular complexity index is 547. The Labute approximate surface area is 121 Å². The first kappa shape index (κ1) is 13.1. The van der Waals surface area contributed by atoms with Crippen LogP contribution in [0.1, 0.15) is 18.4 Å². The number of benzene rings is 1. The third-order valence-corrected chi connectivity index (χ3v) is 5.62. The summed E-state index contributed by atoms with van der Waals surface area (Å²) in [4.78, 5) is 0. The molecule has 0 bridgehead atoms. The van der Waals surface area contributed by atoms with Crippen LogP contribution >= 0.6 is 23.1 Å². The lowest BCUT2D eigenvalue weighted by atomic mass is 10.1. The van der Waals surface area contributed by atoms with Crippen LogP contribution in [-0.2, 0) is 0 Å². The standard InChI is InChI=1S/C14H17N3S2/c1-10-3-2-4-11(9-10)13-16-17-14(19-13)18-12-5-7-15-8-6-12/h2-4,9,12,15H,5-8H2,1H3. The Hall–Kier alpha value is -0.910. The largest absolute Gasteiger partial charge is 0.317 e. The molecule has 2 aromatic rings. The second-order valence-corrected chi connectivity index (χ2v) is 7.33. The van der Waals surface area contributed by atoms with Gasteiger partial charge in [0.25, 0.3) is 0 Å². The molecule has 0 atom stereocenters. The van der Waals surface area contributed by atoms with Crippen LogP contribution in [0.5, 0.6) is 0 Å². The fraction of sp³-hybridized carbons (Fsp3) is 0.429. The Morgan fingerprint density at radius 3 is 2.89 bits per heavy atom. The highest BCUT2D eigenvalue weighted by atomic mass is 32.2. The van der Waals surface area contributed by atoms with E-state index >= 15 is 0 Å². The van der Waals surface area contributed by atoms with Crippen LogP contribution in [0.25, 0.3) is 10.6 Å². The summed E-state index contributed by atoms with van der Waals surface area (Å²) < 4.78 is 1.10. The van der Waals surface area contributed by atoms with E-state index in [0.29, 0.717) is 5.25 Å². The highest BCUT2D eigenvalue weighted by molar-refractivity contribution is 8.01. The van der Waals surface area contributed by atoms with Gasteiger partial charge in [0, 0.05) is 10.8 Å². The zero-order chi connectivity index (χ0) is 13.1. The number of nitrogens with zero attached hydrogens (tertiary/aromatic N) is 2. The van der Waals surface area contributed by atoms with Crippen molar-refractivity contribution in [3.8, 4) is 10.6 Å². The predicted molar refractivity (Wildman–Crippen MR) is 81.8 cm³/mol. The molecule has 1 aliphatic rings. The minimum absolute atomic E-state index is 0.694. The zero-order valence-electron chi connectivity index (χ0n) is 10.9. The number of aryl methyl sites for hydroxylation is 1. The second kappa shape index (κ2) is 6.03. The molecule has 0 radical (unpaired) electrons. The lowest BCUT2D eigenvalue weighted by Gasteiger charge is -2.20. The lowest BCUT2D eigenvalue weighted by Crippen LogP contribution is -2.29. The molecule has 0 spiro atoms. The van der Waals surface area contributed by atoms with E-state index in [-0.39, 0.29) is 0 Å². The fourth-order valence-electron chi connectivity index (χ4n) is 2.21. The van der Waals surface area contributed by atoms with Crippen molar-refractivity contribution in [2.24, 2.45) is 0 Å². The number of thioether (sulfide) groups is 1. The maximum Gasteiger partial charge on any atom is 0.174 e. The summed E-state index contributed by atoms with van der Waals surface area (Å²) >= 11 is 3.60. The van der Waals surface area contributed by atoms with Crippen LogP contribution in [-0.4, -0.2) is 28.5 Å². The van der Waals surface area contributed by atoms with Crippen molar-refractivity contribution in [3.05, 3.63) is 29.8 Å². The third kappa shape index (κ3) is 3.35. The molecule has 1 aromatic carbocycles. The average molecular weight is 291 g/mol. The van der Waals surface area contributed by atoms with Gasteiger partial charge < -0.3 is 5.32 Å². The summed E-state index contributed by atoms with van der Waals surface area (Å²) in [5, 5.41) is 13.8. The SMILES string of the molecule is Cc1cccc(-c2nnc(SC3CCNCC3)s2)c1. The molecule has 1 aromatic heterocycles. The molecule has 1 aliphatic heterocycles. The molecule has 3 rings (SSSR count). The Kier molecular flexibility index (Phi) is 4.15. The summed E-state index contributed by atoms with van der Waals surface area (Å²) in [6.45, 7) is 4.36. The smallest absolute Gasteiger partial charge is 0.174 e. The van der Waals surface area contributed by atoms with Crippen LogP contribution in [0, 0.1) is 6.92 Å². The highest BCUT2D eigenvalue weighted by Crippen LogP contribution is 2.34. The fourth-order valence-corrected chi connectivity index (χ4v) is 4.46. The number of piperidine rings is 1. The van der Waals surface area contributed by atoms with Crippen molar-refractivity contribution >= 4 is 23.1 Å². The van der Waals surface area contributed by atoms with E-state index in [0.717, 1.165) is 22.4 Å². The van der Waals surface area contributed by atoms with Crippen LogP contribution < -0.4 is 5.32 Å². The first-order chi connectivity index (χ1) is 9.31. The number of nitrogens with one attached hydrogen (secondary N) is 1. The predicted octanol–water partition coefficient (Wildman–Crippen LogP) is 3.36. The number of hydrogen-bond donors (Lipinski definition) is 1. The molecule has 3 nitrogen and oxygen atoms in total. The topological polar surface area (TPSA) is 37.8 Å². The minimum Gasteiger partial charge on any atom is -0.317 e. The van der Waals surface area contributed by atoms with Gasteiger partial charge in [0.2, 0.25) is 0 Å². The van der Waals surface area contributed by atoms with Gasteiger partial charge in [-0.2, -0.15) is 0 Å². The molecule has 0 saturated carbocycles. The normalized spacial score (nSPS) is 16.7. The van der Waals surface area contributed by atoms with Gasteiger partial charge in [0.05, 0.1) is 0 Å². The van der Waals surface area contributed by atoms with Gasteiger partial charge in [-0.1, -0.05) is 46.9 Å².